The maximum atomic E-state index is 13.5. The van der Waals surface area contributed by atoms with Crippen LogP contribution in [0.5, 0.6) is 11.5 Å². The highest BCUT2D eigenvalue weighted by Gasteiger charge is 2.60. The number of methoxy groups -OCH3 is 1. The van der Waals surface area contributed by atoms with Gasteiger partial charge in [0.25, 0.3) is 11.4 Å². The van der Waals surface area contributed by atoms with Crippen molar-refractivity contribution >= 4 is 17.8 Å². The number of carbonyl (C=O) groups excluding carboxylic acids is 3. The first-order valence-electron chi connectivity index (χ1n) is 11.4. The number of para-hydroxylation sites is 1. The Morgan fingerprint density at radius 2 is 1.72 bits per heavy atom. The topological polar surface area (TPSA) is 90.9 Å². The van der Waals surface area contributed by atoms with E-state index in [1.807, 2.05) is 31.2 Å². The summed E-state index contributed by atoms with van der Waals surface area (Å²) in [5, 5.41) is 2.63. The van der Waals surface area contributed by atoms with E-state index in [1.54, 1.807) is 43.3 Å². The minimum Gasteiger partial charge on any atom is -0.497 e. The Kier molecular flexibility index (Phi) is 7.07. The van der Waals surface area contributed by atoms with Gasteiger partial charge in [0.1, 0.15) is 11.5 Å². The van der Waals surface area contributed by atoms with Gasteiger partial charge >= 0.3 is 11.9 Å². The van der Waals surface area contributed by atoms with Gasteiger partial charge in [-0.1, -0.05) is 47.7 Å². The summed E-state index contributed by atoms with van der Waals surface area (Å²) in [5.74, 6) is 3.28. The van der Waals surface area contributed by atoms with Gasteiger partial charge in [0.15, 0.2) is 0 Å². The van der Waals surface area contributed by atoms with Crippen LogP contribution in [0.2, 0.25) is 0 Å². The minimum absolute atomic E-state index is 0.00791. The van der Waals surface area contributed by atoms with E-state index >= 15 is 0 Å². The zero-order valence-corrected chi connectivity index (χ0v) is 20.2. The number of rotatable bonds is 5. The number of nitrogens with one attached hydrogen (secondary N) is 1. The zero-order chi connectivity index (χ0) is 25.7. The molecule has 36 heavy (non-hydrogen) atoms. The van der Waals surface area contributed by atoms with Crippen molar-refractivity contribution in [2.24, 2.45) is 0 Å². The highest BCUT2D eigenvalue weighted by atomic mass is 16.6. The quantitative estimate of drug-likeness (QED) is 0.257. The van der Waals surface area contributed by atoms with E-state index in [1.165, 1.54) is 19.2 Å². The molecule has 1 N–H and O–H groups in total. The summed E-state index contributed by atoms with van der Waals surface area (Å²) in [5.41, 5.74) is 0.242. The van der Waals surface area contributed by atoms with Crippen LogP contribution >= 0.6 is 0 Å². The second-order valence-electron chi connectivity index (χ2n) is 8.21. The fourth-order valence-electron chi connectivity index (χ4n) is 3.94. The average Bonchev–Trinajstić information content (AvgIpc) is 2.89. The maximum Gasteiger partial charge on any atom is 0.350 e. The third-order valence-electron chi connectivity index (χ3n) is 5.86. The highest BCUT2D eigenvalue weighted by molar-refractivity contribution is 6.13. The van der Waals surface area contributed by atoms with Gasteiger partial charge in [0.05, 0.1) is 19.6 Å². The molecular weight excluding hydrogens is 458 g/mol. The summed E-state index contributed by atoms with van der Waals surface area (Å²) < 4.78 is 16.0. The molecule has 2 unspecified atom stereocenters. The maximum absolute atomic E-state index is 13.5. The molecule has 0 radical (unpaired) electrons. The van der Waals surface area contributed by atoms with Gasteiger partial charge in [0.2, 0.25) is 0 Å². The predicted octanol–water partition coefficient (Wildman–Crippen LogP) is 3.79. The van der Waals surface area contributed by atoms with Crippen LogP contribution in [0.3, 0.4) is 0 Å². The smallest absolute Gasteiger partial charge is 0.350 e. The van der Waals surface area contributed by atoms with E-state index < -0.39 is 29.3 Å². The third kappa shape index (κ3) is 4.66. The molecule has 1 aliphatic rings. The summed E-state index contributed by atoms with van der Waals surface area (Å²) in [6, 6.07) is 20.6. The van der Waals surface area contributed by atoms with E-state index in [-0.39, 0.29) is 17.9 Å². The number of fused-ring (bicyclic) bond motifs is 1. The fourth-order valence-corrected chi connectivity index (χ4v) is 3.94. The molecular formula is C29H25NO6. The number of amides is 1. The number of ether oxygens (including phenoxy) is 3. The lowest BCUT2D eigenvalue weighted by molar-refractivity contribution is -0.162. The molecule has 3 aromatic carbocycles. The second kappa shape index (κ2) is 10.4. The summed E-state index contributed by atoms with van der Waals surface area (Å²) >= 11 is 0. The summed E-state index contributed by atoms with van der Waals surface area (Å²) in [6.07, 6.45) is 0. The molecule has 1 amide bonds. The summed E-state index contributed by atoms with van der Waals surface area (Å²) in [4.78, 5) is 40.3. The molecule has 182 valence electrons. The molecule has 3 aromatic rings. The molecule has 0 saturated heterocycles. The second-order valence-corrected chi connectivity index (χ2v) is 8.21. The normalized spacial score (nSPS) is 18.1. The third-order valence-corrected chi connectivity index (χ3v) is 5.86. The Morgan fingerprint density at radius 1 is 1.03 bits per heavy atom. The van der Waals surface area contributed by atoms with Crippen LogP contribution in [-0.2, 0) is 14.3 Å². The van der Waals surface area contributed by atoms with E-state index in [2.05, 4.69) is 17.2 Å². The Morgan fingerprint density at radius 3 is 2.39 bits per heavy atom. The molecule has 2 atom stereocenters. The molecule has 0 fully saturated rings. The Hall–Kier alpha value is -4.57. The first-order chi connectivity index (χ1) is 17.4. The van der Waals surface area contributed by atoms with Crippen molar-refractivity contribution in [1.82, 2.24) is 5.32 Å². The lowest BCUT2D eigenvalue weighted by Gasteiger charge is -2.38. The number of hydrogen-bond acceptors (Lipinski definition) is 6. The van der Waals surface area contributed by atoms with E-state index in [4.69, 9.17) is 14.2 Å². The van der Waals surface area contributed by atoms with Crippen molar-refractivity contribution in [3.8, 4) is 23.3 Å². The standard InChI is InChI=1S/C29H25NO6/c1-4-35-27(32)29(30-26(31)21-14-16-22(34-3)17-15-21)24(18-13-20-11-9-19(2)10-12-20)23-7-5-6-8-25(23)36-28(29)33/h5-12,14-17,24H,4H2,1-3H3,(H,30,31). The monoisotopic (exact) mass is 483 g/mol. The van der Waals surface area contributed by atoms with Crippen molar-refractivity contribution in [3.05, 3.63) is 95.1 Å². The summed E-state index contributed by atoms with van der Waals surface area (Å²) in [7, 11) is 1.51. The molecule has 7 heteroatoms. The van der Waals surface area contributed by atoms with Crippen LogP contribution in [-0.4, -0.2) is 37.1 Å². The SMILES string of the molecule is CCOC(=O)C1(NC(=O)c2ccc(OC)cc2)C(=O)Oc2ccccc2C1C#Cc1ccc(C)cc1. The molecule has 0 saturated carbocycles. The average molecular weight is 484 g/mol. The molecule has 4 rings (SSSR count). The van der Waals surface area contributed by atoms with Crippen LogP contribution in [0.1, 0.15) is 39.9 Å². The largest absolute Gasteiger partial charge is 0.497 e. The van der Waals surface area contributed by atoms with Crippen molar-refractivity contribution in [1.29, 1.82) is 0 Å². The lowest BCUT2D eigenvalue weighted by atomic mass is 9.76. The Labute approximate surface area is 209 Å². The van der Waals surface area contributed by atoms with Crippen LogP contribution in [0.15, 0.2) is 72.8 Å². The predicted molar refractivity (Wildman–Crippen MR) is 133 cm³/mol. The van der Waals surface area contributed by atoms with Gasteiger partial charge in [-0.2, -0.15) is 0 Å². The van der Waals surface area contributed by atoms with Gasteiger partial charge in [0, 0.05) is 16.7 Å². The molecule has 0 spiro atoms. The Bertz CT molecular complexity index is 1350. The first kappa shape index (κ1) is 24.6. The van der Waals surface area contributed by atoms with E-state index in [9.17, 15) is 14.4 Å². The molecule has 1 heterocycles. The van der Waals surface area contributed by atoms with Gasteiger partial charge in [-0.15, -0.1) is 0 Å². The van der Waals surface area contributed by atoms with Crippen LogP contribution in [0.25, 0.3) is 0 Å². The van der Waals surface area contributed by atoms with Gasteiger partial charge < -0.3 is 19.5 Å². The number of aryl methyl sites for hydroxylation is 1. The van der Waals surface area contributed by atoms with Crippen LogP contribution < -0.4 is 14.8 Å². The fraction of sp³-hybridized carbons (Fsp3) is 0.207. The van der Waals surface area contributed by atoms with Crippen molar-refractivity contribution < 1.29 is 28.6 Å². The number of benzene rings is 3. The Balaban J connectivity index is 1.85. The summed E-state index contributed by atoms with van der Waals surface area (Å²) in [6.45, 7) is 3.57. The number of carbonyl (C=O) groups is 3. The van der Waals surface area contributed by atoms with Crippen molar-refractivity contribution in [2.75, 3.05) is 13.7 Å². The van der Waals surface area contributed by atoms with Gasteiger partial charge in [-0.3, -0.25) is 4.79 Å². The van der Waals surface area contributed by atoms with Crippen LogP contribution in [0, 0.1) is 18.8 Å². The molecule has 0 aliphatic carbocycles. The van der Waals surface area contributed by atoms with Gasteiger partial charge in [-0.05, 0) is 56.3 Å². The van der Waals surface area contributed by atoms with Crippen molar-refractivity contribution in [2.45, 2.75) is 25.3 Å². The van der Waals surface area contributed by atoms with Crippen LogP contribution in [0.4, 0.5) is 0 Å². The molecule has 0 aromatic heterocycles. The first-order valence-corrected chi connectivity index (χ1v) is 11.4. The number of esters is 2. The highest BCUT2D eigenvalue weighted by Crippen LogP contribution is 2.41. The zero-order valence-electron chi connectivity index (χ0n) is 20.2. The molecule has 0 bridgehead atoms. The van der Waals surface area contributed by atoms with Gasteiger partial charge in [-0.25, -0.2) is 9.59 Å². The van der Waals surface area contributed by atoms with E-state index in [0.29, 0.717) is 16.9 Å². The minimum atomic E-state index is -2.22. The lowest BCUT2D eigenvalue weighted by Crippen LogP contribution is -2.66. The van der Waals surface area contributed by atoms with Crippen molar-refractivity contribution in [3.63, 3.8) is 0 Å². The molecule has 1 aliphatic heterocycles. The number of hydrogen-bond donors (Lipinski definition) is 1. The molecule has 7 nitrogen and oxygen atoms in total. The van der Waals surface area contributed by atoms with E-state index in [0.717, 1.165) is 5.56 Å².